The molecule has 1 N–H and O–H groups in total. The molecule has 0 saturated carbocycles. The summed E-state index contributed by atoms with van der Waals surface area (Å²) in [5, 5.41) is 7.94. The zero-order valence-corrected chi connectivity index (χ0v) is 16.4. The minimum absolute atomic E-state index is 0.0789. The molecule has 0 spiro atoms. The second-order valence-corrected chi connectivity index (χ2v) is 7.46. The molecule has 0 atom stereocenters. The first kappa shape index (κ1) is 18.6. The molecule has 0 unspecified atom stereocenters. The van der Waals surface area contributed by atoms with Crippen molar-refractivity contribution in [2.45, 2.75) is 39.2 Å². The van der Waals surface area contributed by atoms with Crippen molar-refractivity contribution in [3.05, 3.63) is 47.7 Å². The lowest BCUT2D eigenvalue weighted by atomic mass is 10.0. The lowest BCUT2D eigenvalue weighted by Gasteiger charge is -2.32. The van der Waals surface area contributed by atoms with Gasteiger partial charge >= 0.3 is 0 Å². The Kier molecular flexibility index (Phi) is 5.39. The fourth-order valence-corrected chi connectivity index (χ4v) is 3.91. The zero-order chi connectivity index (χ0) is 19.5. The number of nitrogens with zero attached hydrogens (tertiary/aromatic N) is 3. The second-order valence-electron chi connectivity index (χ2n) is 7.46. The number of piperidine rings is 1. The average molecular weight is 378 g/mol. The first-order valence-electron chi connectivity index (χ1n) is 10.0. The number of pyridine rings is 1. The molecule has 3 aromatic rings. The summed E-state index contributed by atoms with van der Waals surface area (Å²) in [5.74, 6) is -0.0789. The highest BCUT2D eigenvalue weighted by molar-refractivity contribution is 6.07. The van der Waals surface area contributed by atoms with E-state index >= 15 is 0 Å². The molecule has 1 fully saturated rings. The number of benzene rings is 1. The summed E-state index contributed by atoms with van der Waals surface area (Å²) in [4.78, 5) is 20.2. The van der Waals surface area contributed by atoms with Crippen molar-refractivity contribution in [2.24, 2.45) is 0 Å². The molecule has 1 amide bonds. The van der Waals surface area contributed by atoms with E-state index in [0.717, 1.165) is 38.0 Å². The van der Waals surface area contributed by atoms with Crippen LogP contribution in [0.3, 0.4) is 0 Å². The van der Waals surface area contributed by atoms with Gasteiger partial charge in [-0.2, -0.15) is 0 Å². The van der Waals surface area contributed by atoms with Crippen molar-refractivity contribution >= 4 is 17.0 Å². The van der Waals surface area contributed by atoms with Crippen LogP contribution in [0, 0.1) is 6.92 Å². The Morgan fingerprint density at radius 3 is 2.71 bits per heavy atom. The van der Waals surface area contributed by atoms with Crippen molar-refractivity contribution in [1.29, 1.82) is 0 Å². The molecule has 6 nitrogen and oxygen atoms in total. The number of carbonyl (C=O) groups is 1. The van der Waals surface area contributed by atoms with Crippen LogP contribution in [0.1, 0.15) is 42.2 Å². The number of hydrogen-bond donors (Lipinski definition) is 1. The molecule has 0 bridgehead atoms. The lowest BCUT2D eigenvalue weighted by molar-refractivity contribution is 0.0912. The van der Waals surface area contributed by atoms with Crippen molar-refractivity contribution in [3.63, 3.8) is 0 Å². The summed E-state index contributed by atoms with van der Waals surface area (Å²) in [6.45, 7) is 7.24. The highest BCUT2D eigenvalue weighted by Crippen LogP contribution is 2.27. The van der Waals surface area contributed by atoms with Gasteiger partial charge in [-0.1, -0.05) is 42.4 Å². The van der Waals surface area contributed by atoms with Gasteiger partial charge in [-0.3, -0.25) is 4.79 Å². The molecule has 1 saturated heterocycles. The van der Waals surface area contributed by atoms with E-state index in [0.29, 0.717) is 28.1 Å². The number of carbonyl (C=O) groups excluding carboxylic acids is 1. The standard InChI is InChI=1S/C22H26N4O2/c1-3-11-26-12-9-17(10-13-26)23-21(27)18-14-19(16-7-5-4-6-8-16)24-22-20(18)15(2)25-28-22/h4-8,14,17H,3,9-13H2,1-2H3,(H,23,27). The smallest absolute Gasteiger partial charge is 0.259 e. The molecule has 28 heavy (non-hydrogen) atoms. The zero-order valence-electron chi connectivity index (χ0n) is 16.4. The molecule has 4 rings (SSSR count). The van der Waals surface area contributed by atoms with Crippen molar-refractivity contribution in [3.8, 4) is 11.3 Å². The third-order valence-corrected chi connectivity index (χ3v) is 5.39. The molecule has 146 valence electrons. The normalized spacial score (nSPS) is 15.8. The summed E-state index contributed by atoms with van der Waals surface area (Å²) in [6.07, 6.45) is 3.13. The quantitative estimate of drug-likeness (QED) is 0.731. The van der Waals surface area contributed by atoms with E-state index in [4.69, 9.17) is 4.52 Å². The summed E-state index contributed by atoms with van der Waals surface area (Å²) in [6, 6.07) is 11.9. The fraction of sp³-hybridized carbons (Fsp3) is 0.409. The highest BCUT2D eigenvalue weighted by Gasteiger charge is 2.24. The van der Waals surface area contributed by atoms with Crippen LogP contribution in [-0.2, 0) is 0 Å². The molecule has 6 heteroatoms. The summed E-state index contributed by atoms with van der Waals surface area (Å²) in [5.41, 5.74) is 3.33. The monoisotopic (exact) mass is 378 g/mol. The molecule has 3 heterocycles. The van der Waals surface area contributed by atoms with E-state index in [1.54, 1.807) is 0 Å². The van der Waals surface area contributed by atoms with Crippen molar-refractivity contribution in [1.82, 2.24) is 20.4 Å². The predicted molar refractivity (Wildman–Crippen MR) is 109 cm³/mol. The van der Waals surface area contributed by atoms with Crippen LogP contribution in [0.25, 0.3) is 22.4 Å². The average Bonchev–Trinajstić information content (AvgIpc) is 3.10. The van der Waals surface area contributed by atoms with E-state index < -0.39 is 0 Å². The van der Waals surface area contributed by atoms with Gasteiger partial charge in [0.2, 0.25) is 0 Å². The molecule has 1 aliphatic heterocycles. The Hall–Kier alpha value is -2.73. The molecular formula is C22H26N4O2. The van der Waals surface area contributed by atoms with E-state index in [-0.39, 0.29) is 11.9 Å². The van der Waals surface area contributed by atoms with E-state index in [1.807, 2.05) is 43.3 Å². The van der Waals surface area contributed by atoms with Crippen LogP contribution in [0.5, 0.6) is 0 Å². The first-order valence-corrected chi connectivity index (χ1v) is 10.0. The van der Waals surface area contributed by atoms with Gasteiger partial charge in [0.1, 0.15) is 0 Å². The van der Waals surface area contributed by atoms with Gasteiger partial charge in [-0.05, 0) is 38.8 Å². The van der Waals surface area contributed by atoms with Crippen LogP contribution >= 0.6 is 0 Å². The molecule has 0 radical (unpaired) electrons. The molecule has 2 aromatic heterocycles. The highest BCUT2D eigenvalue weighted by atomic mass is 16.5. The van der Waals surface area contributed by atoms with Crippen LogP contribution < -0.4 is 5.32 Å². The van der Waals surface area contributed by atoms with Crippen LogP contribution in [0.4, 0.5) is 0 Å². The number of likely N-dealkylation sites (tertiary alicyclic amines) is 1. The third kappa shape index (κ3) is 3.78. The molecular weight excluding hydrogens is 352 g/mol. The largest absolute Gasteiger partial charge is 0.349 e. The number of aryl methyl sites for hydroxylation is 1. The van der Waals surface area contributed by atoms with Gasteiger partial charge in [0.25, 0.3) is 11.6 Å². The molecule has 1 aliphatic rings. The number of rotatable bonds is 5. The van der Waals surface area contributed by atoms with Gasteiger partial charge in [-0.15, -0.1) is 0 Å². The number of hydrogen-bond acceptors (Lipinski definition) is 5. The topological polar surface area (TPSA) is 71.3 Å². The van der Waals surface area contributed by atoms with Crippen LogP contribution in [0.15, 0.2) is 40.9 Å². The number of aromatic nitrogens is 2. The van der Waals surface area contributed by atoms with Crippen LogP contribution in [0.2, 0.25) is 0 Å². The molecule has 0 aliphatic carbocycles. The van der Waals surface area contributed by atoms with Gasteiger partial charge in [0, 0.05) is 24.7 Å². The Balaban J connectivity index is 1.60. The Bertz CT molecular complexity index is 959. The van der Waals surface area contributed by atoms with Gasteiger partial charge < -0.3 is 14.7 Å². The summed E-state index contributed by atoms with van der Waals surface area (Å²) < 4.78 is 5.38. The Morgan fingerprint density at radius 1 is 1.25 bits per heavy atom. The van der Waals surface area contributed by atoms with Crippen molar-refractivity contribution < 1.29 is 9.32 Å². The maximum Gasteiger partial charge on any atom is 0.259 e. The van der Waals surface area contributed by atoms with Crippen molar-refractivity contribution in [2.75, 3.05) is 19.6 Å². The lowest BCUT2D eigenvalue weighted by Crippen LogP contribution is -2.44. The Labute approximate surface area is 164 Å². The molecule has 1 aromatic carbocycles. The fourth-order valence-electron chi connectivity index (χ4n) is 3.91. The van der Waals surface area contributed by atoms with E-state index in [9.17, 15) is 4.79 Å². The predicted octanol–water partition coefficient (Wildman–Crippen LogP) is 3.80. The number of nitrogens with one attached hydrogen (secondary N) is 1. The van der Waals surface area contributed by atoms with E-state index in [1.165, 1.54) is 6.42 Å². The van der Waals surface area contributed by atoms with E-state index in [2.05, 4.69) is 27.3 Å². The van der Waals surface area contributed by atoms with Gasteiger partial charge in [-0.25, -0.2) is 4.98 Å². The maximum absolute atomic E-state index is 13.1. The van der Waals surface area contributed by atoms with Gasteiger partial charge in [0.15, 0.2) is 0 Å². The summed E-state index contributed by atoms with van der Waals surface area (Å²) >= 11 is 0. The SMILES string of the molecule is CCCN1CCC(NC(=O)c2cc(-c3ccccc3)nc3onc(C)c23)CC1. The maximum atomic E-state index is 13.1. The third-order valence-electron chi connectivity index (χ3n) is 5.39. The minimum Gasteiger partial charge on any atom is -0.349 e. The second kappa shape index (κ2) is 8.10. The first-order chi connectivity index (χ1) is 13.7. The summed E-state index contributed by atoms with van der Waals surface area (Å²) in [7, 11) is 0. The number of fused-ring (bicyclic) bond motifs is 1. The van der Waals surface area contributed by atoms with Crippen LogP contribution in [-0.4, -0.2) is 46.6 Å². The minimum atomic E-state index is -0.0789. The number of amides is 1. The Morgan fingerprint density at radius 2 is 2.00 bits per heavy atom. The van der Waals surface area contributed by atoms with Gasteiger partial charge in [0.05, 0.1) is 22.3 Å².